The summed E-state index contributed by atoms with van der Waals surface area (Å²) in [7, 11) is 0. The van der Waals surface area contributed by atoms with Crippen LogP contribution in [0.1, 0.15) is 24.8 Å². The molecule has 1 fully saturated rings. The lowest BCUT2D eigenvalue weighted by Gasteiger charge is -2.21. The molecule has 1 aliphatic rings. The van der Waals surface area contributed by atoms with Crippen LogP contribution in [0.5, 0.6) is 0 Å². The Kier molecular flexibility index (Phi) is 5.01. The first-order chi connectivity index (χ1) is 14.4. The number of hydrogen-bond acceptors (Lipinski definition) is 6. The zero-order valence-corrected chi connectivity index (χ0v) is 16.1. The van der Waals surface area contributed by atoms with Crippen molar-refractivity contribution < 1.29 is 18.8 Å². The lowest BCUT2D eigenvalue weighted by atomic mass is 9.92. The Hall–Kier alpha value is -4.01. The molecular formula is C21H19N5O4. The Morgan fingerprint density at radius 3 is 2.63 bits per heavy atom. The first-order valence-corrected chi connectivity index (χ1v) is 9.36. The van der Waals surface area contributed by atoms with Gasteiger partial charge in [0.2, 0.25) is 17.7 Å². The van der Waals surface area contributed by atoms with Crippen molar-refractivity contribution in [3.63, 3.8) is 0 Å². The second-order valence-electron chi connectivity index (χ2n) is 7.03. The second-order valence-corrected chi connectivity index (χ2v) is 7.03. The van der Waals surface area contributed by atoms with Crippen molar-refractivity contribution in [2.24, 2.45) is 0 Å². The number of benzene rings is 2. The number of carbonyl (C=O) groups is 3. The molecule has 3 N–H and O–H groups in total. The monoisotopic (exact) mass is 405 g/mol. The van der Waals surface area contributed by atoms with E-state index in [1.807, 2.05) is 30.3 Å². The molecule has 4 amide bonds. The number of nitrogens with zero attached hydrogens (tertiary/aromatic N) is 2. The first kappa shape index (κ1) is 19.3. The fraction of sp³-hybridized carbons (Fsp3) is 0.190. The number of aromatic nitrogens is 2. The molecule has 3 aromatic rings. The third-order valence-corrected chi connectivity index (χ3v) is 4.82. The van der Waals surface area contributed by atoms with Crippen molar-refractivity contribution in [1.82, 2.24) is 20.8 Å². The van der Waals surface area contributed by atoms with Crippen LogP contribution in [0.15, 0.2) is 59.0 Å². The molecule has 0 radical (unpaired) electrons. The van der Waals surface area contributed by atoms with E-state index >= 15 is 0 Å². The Balaban J connectivity index is 1.38. The highest BCUT2D eigenvalue weighted by atomic mass is 16.4. The molecule has 1 saturated heterocycles. The van der Waals surface area contributed by atoms with E-state index in [4.69, 9.17) is 4.42 Å². The number of rotatable bonds is 6. The van der Waals surface area contributed by atoms with Crippen LogP contribution in [-0.4, -0.2) is 28.0 Å². The van der Waals surface area contributed by atoms with Gasteiger partial charge in [-0.15, -0.1) is 10.2 Å². The van der Waals surface area contributed by atoms with Gasteiger partial charge in [-0.2, -0.15) is 0 Å². The van der Waals surface area contributed by atoms with Gasteiger partial charge in [0.25, 0.3) is 5.91 Å². The molecule has 0 saturated carbocycles. The summed E-state index contributed by atoms with van der Waals surface area (Å²) in [6.07, 6.45) is 0.441. The third kappa shape index (κ3) is 3.90. The molecule has 4 rings (SSSR count). The normalized spacial score (nSPS) is 18.0. The highest BCUT2D eigenvalue weighted by molar-refractivity contribution is 6.07. The molecule has 1 atom stereocenters. The van der Waals surface area contributed by atoms with Crippen molar-refractivity contribution in [1.29, 1.82) is 0 Å². The SMILES string of the molecule is C[C@]1(c2cccc(NC(=O)CCc3nnc(-c4ccccc4)o3)c2)NC(=O)NC1=O. The van der Waals surface area contributed by atoms with Gasteiger partial charge in [0.15, 0.2) is 0 Å². The van der Waals surface area contributed by atoms with Crippen molar-refractivity contribution >= 4 is 23.5 Å². The zero-order chi connectivity index (χ0) is 21.1. The fourth-order valence-corrected chi connectivity index (χ4v) is 3.15. The van der Waals surface area contributed by atoms with E-state index in [1.165, 1.54) is 0 Å². The molecule has 0 unspecified atom stereocenters. The van der Waals surface area contributed by atoms with Crippen LogP contribution in [0.25, 0.3) is 11.5 Å². The predicted octanol–water partition coefficient (Wildman–Crippen LogP) is 2.36. The standard InChI is InChI=1S/C21H19N5O4/c1-21(19(28)23-20(29)24-21)14-8-5-9-15(12-14)22-16(27)10-11-17-25-26-18(30-17)13-6-3-2-4-7-13/h2-9,12H,10-11H2,1H3,(H,22,27)(H2,23,24,28,29)/t21-/m1/s1. The Bertz CT molecular complexity index is 1110. The van der Waals surface area contributed by atoms with Gasteiger partial charge in [-0.05, 0) is 36.8 Å². The molecule has 0 aliphatic carbocycles. The number of amides is 4. The smallest absolute Gasteiger partial charge is 0.322 e. The minimum absolute atomic E-state index is 0.148. The van der Waals surface area contributed by atoms with Crippen LogP contribution in [0.4, 0.5) is 10.5 Å². The molecule has 9 heteroatoms. The quantitative estimate of drug-likeness (QED) is 0.541. The largest absolute Gasteiger partial charge is 0.421 e. The fourth-order valence-electron chi connectivity index (χ4n) is 3.15. The molecule has 1 aromatic heterocycles. The molecule has 1 aliphatic heterocycles. The summed E-state index contributed by atoms with van der Waals surface area (Å²) in [6, 6.07) is 15.6. The van der Waals surface area contributed by atoms with Crippen LogP contribution < -0.4 is 16.0 Å². The summed E-state index contributed by atoms with van der Waals surface area (Å²) in [5, 5.41) is 15.6. The number of carbonyl (C=O) groups excluding carboxylic acids is 3. The summed E-state index contributed by atoms with van der Waals surface area (Å²) in [5.74, 6) is 0.0951. The topological polar surface area (TPSA) is 126 Å². The first-order valence-electron chi connectivity index (χ1n) is 9.36. The average molecular weight is 405 g/mol. The maximum absolute atomic E-state index is 12.3. The number of urea groups is 1. The number of hydrogen-bond donors (Lipinski definition) is 3. The minimum atomic E-state index is -1.19. The molecule has 30 heavy (non-hydrogen) atoms. The average Bonchev–Trinajstić information content (AvgIpc) is 3.32. The van der Waals surface area contributed by atoms with E-state index in [0.717, 1.165) is 5.56 Å². The molecule has 152 valence electrons. The van der Waals surface area contributed by atoms with Crippen LogP contribution in [-0.2, 0) is 21.5 Å². The van der Waals surface area contributed by atoms with E-state index in [-0.39, 0.29) is 12.3 Å². The van der Waals surface area contributed by atoms with Crippen LogP contribution in [0.3, 0.4) is 0 Å². The van der Waals surface area contributed by atoms with Crippen molar-refractivity contribution in [3.05, 3.63) is 66.1 Å². The third-order valence-electron chi connectivity index (χ3n) is 4.82. The van der Waals surface area contributed by atoms with E-state index in [1.54, 1.807) is 31.2 Å². The Morgan fingerprint density at radius 2 is 1.90 bits per heavy atom. The molecule has 2 heterocycles. The zero-order valence-electron chi connectivity index (χ0n) is 16.1. The highest BCUT2D eigenvalue weighted by Gasteiger charge is 2.43. The summed E-state index contributed by atoms with van der Waals surface area (Å²) in [6.45, 7) is 1.61. The summed E-state index contributed by atoms with van der Waals surface area (Å²) < 4.78 is 5.61. The lowest BCUT2D eigenvalue weighted by Crippen LogP contribution is -2.40. The van der Waals surface area contributed by atoms with Crippen molar-refractivity contribution in [2.45, 2.75) is 25.3 Å². The van der Waals surface area contributed by atoms with E-state index in [9.17, 15) is 14.4 Å². The minimum Gasteiger partial charge on any atom is -0.421 e. The Morgan fingerprint density at radius 1 is 1.10 bits per heavy atom. The van der Waals surface area contributed by atoms with Gasteiger partial charge < -0.3 is 15.1 Å². The van der Waals surface area contributed by atoms with Crippen molar-refractivity contribution in [2.75, 3.05) is 5.32 Å². The van der Waals surface area contributed by atoms with Gasteiger partial charge in [-0.3, -0.25) is 14.9 Å². The predicted molar refractivity (Wildman–Crippen MR) is 107 cm³/mol. The number of nitrogens with one attached hydrogen (secondary N) is 3. The van der Waals surface area contributed by atoms with Gasteiger partial charge in [0.05, 0.1) is 0 Å². The number of anilines is 1. The van der Waals surface area contributed by atoms with Gasteiger partial charge in [0, 0.05) is 24.1 Å². The maximum Gasteiger partial charge on any atom is 0.322 e. The highest BCUT2D eigenvalue weighted by Crippen LogP contribution is 2.26. The molecule has 9 nitrogen and oxygen atoms in total. The molecular weight excluding hydrogens is 386 g/mol. The van der Waals surface area contributed by atoms with E-state index < -0.39 is 17.5 Å². The van der Waals surface area contributed by atoms with Gasteiger partial charge in [-0.1, -0.05) is 30.3 Å². The van der Waals surface area contributed by atoms with Crippen LogP contribution in [0, 0.1) is 0 Å². The van der Waals surface area contributed by atoms with Gasteiger partial charge in [0.1, 0.15) is 5.54 Å². The lowest BCUT2D eigenvalue weighted by molar-refractivity contribution is -0.123. The van der Waals surface area contributed by atoms with Gasteiger partial charge >= 0.3 is 6.03 Å². The summed E-state index contributed by atoms with van der Waals surface area (Å²) in [4.78, 5) is 35.9. The van der Waals surface area contributed by atoms with E-state index in [0.29, 0.717) is 29.5 Å². The van der Waals surface area contributed by atoms with Crippen LogP contribution >= 0.6 is 0 Å². The number of imide groups is 1. The molecule has 0 bridgehead atoms. The molecule has 0 spiro atoms. The van der Waals surface area contributed by atoms with Gasteiger partial charge in [-0.25, -0.2) is 4.79 Å². The van der Waals surface area contributed by atoms with E-state index in [2.05, 4.69) is 26.1 Å². The number of aryl methyl sites for hydroxylation is 1. The second kappa shape index (κ2) is 7.78. The maximum atomic E-state index is 12.3. The van der Waals surface area contributed by atoms with Crippen molar-refractivity contribution in [3.8, 4) is 11.5 Å². The Labute approximate surface area is 171 Å². The summed E-state index contributed by atoms with van der Waals surface area (Å²) >= 11 is 0. The molecule has 2 aromatic carbocycles. The van der Waals surface area contributed by atoms with Crippen LogP contribution in [0.2, 0.25) is 0 Å². The summed E-state index contributed by atoms with van der Waals surface area (Å²) in [5.41, 5.74) is 0.709.